The third-order valence-electron chi connectivity index (χ3n) is 3.30. The third kappa shape index (κ3) is 4.80. The molecule has 1 heterocycles. The largest absolute Gasteiger partial charge is 0.550 e. The highest BCUT2D eigenvalue weighted by Gasteiger charge is 2.31. The van der Waals surface area contributed by atoms with Crippen molar-refractivity contribution in [3.63, 3.8) is 0 Å². The van der Waals surface area contributed by atoms with Gasteiger partial charge in [-0.1, -0.05) is 36.1 Å². The maximum absolute atomic E-state index is 12.4. The van der Waals surface area contributed by atoms with Crippen LogP contribution in [-0.4, -0.2) is 34.8 Å². The molecule has 1 aliphatic heterocycles. The Morgan fingerprint density at radius 2 is 2.04 bits per heavy atom. The molecule has 0 spiro atoms. The Morgan fingerprint density at radius 3 is 2.65 bits per heavy atom. The van der Waals surface area contributed by atoms with E-state index in [-0.39, 0.29) is 12.3 Å². The summed E-state index contributed by atoms with van der Waals surface area (Å²) in [6.07, 6.45) is 2.84. The van der Waals surface area contributed by atoms with Crippen LogP contribution in [0.3, 0.4) is 0 Å². The number of aliphatic carboxylic acids is 1. The number of nitrogens with zero attached hydrogens (tertiary/aromatic N) is 1. The van der Waals surface area contributed by atoms with E-state index in [1.807, 2.05) is 24.3 Å². The van der Waals surface area contributed by atoms with Crippen molar-refractivity contribution < 1.29 is 19.4 Å². The van der Waals surface area contributed by atoms with E-state index in [9.17, 15) is 14.7 Å². The second-order valence-corrected chi connectivity index (χ2v) is 6.61. The molecule has 0 atom stereocenters. The van der Waals surface area contributed by atoms with Gasteiger partial charge in [0, 0.05) is 12.5 Å². The van der Waals surface area contributed by atoms with Crippen LogP contribution in [-0.2, 0) is 9.59 Å². The summed E-state index contributed by atoms with van der Waals surface area (Å²) in [4.78, 5) is 24.8. The minimum Gasteiger partial charge on any atom is -0.550 e. The zero-order chi connectivity index (χ0) is 16.8. The molecule has 0 N–H and O–H groups in total. The Balaban J connectivity index is 1.99. The molecule has 1 aromatic rings. The summed E-state index contributed by atoms with van der Waals surface area (Å²) in [5.41, 5.74) is 0.892. The van der Waals surface area contributed by atoms with Gasteiger partial charge in [0.05, 0.1) is 12.0 Å². The van der Waals surface area contributed by atoms with Crippen molar-refractivity contribution in [2.24, 2.45) is 0 Å². The molecule has 0 aromatic heterocycles. The summed E-state index contributed by atoms with van der Waals surface area (Å²) < 4.78 is 5.60. The molecule has 0 aliphatic carbocycles. The molecule has 2 rings (SSSR count). The normalized spacial score (nSPS) is 16.2. The van der Waals surface area contributed by atoms with Crippen LogP contribution in [0.4, 0.5) is 0 Å². The van der Waals surface area contributed by atoms with Gasteiger partial charge >= 0.3 is 0 Å². The van der Waals surface area contributed by atoms with Gasteiger partial charge in [0.25, 0.3) is 5.91 Å². The van der Waals surface area contributed by atoms with E-state index in [0.29, 0.717) is 28.6 Å². The second-order valence-electron chi connectivity index (χ2n) is 4.94. The number of carboxylic acids is 1. The van der Waals surface area contributed by atoms with Crippen LogP contribution in [0, 0.1) is 0 Å². The van der Waals surface area contributed by atoms with Crippen LogP contribution >= 0.6 is 24.0 Å². The van der Waals surface area contributed by atoms with Gasteiger partial charge in [-0.3, -0.25) is 9.69 Å². The molecule has 5 nitrogen and oxygen atoms in total. The molecular weight excluding hydrogens is 334 g/mol. The van der Waals surface area contributed by atoms with Gasteiger partial charge in [0.15, 0.2) is 0 Å². The van der Waals surface area contributed by atoms with Gasteiger partial charge < -0.3 is 14.6 Å². The molecule has 0 unspecified atom stereocenters. The Hall–Kier alpha value is -1.86. The minimum absolute atomic E-state index is 0.00349. The molecule has 0 saturated carbocycles. The number of thiocarbonyl (C=S) groups is 1. The van der Waals surface area contributed by atoms with Crippen LogP contribution in [0.1, 0.15) is 24.8 Å². The molecule has 0 bridgehead atoms. The van der Waals surface area contributed by atoms with Crippen molar-refractivity contribution in [2.75, 3.05) is 13.7 Å². The molecule has 1 amide bonds. The number of rotatable bonds is 7. The predicted molar refractivity (Wildman–Crippen MR) is 91.7 cm³/mol. The summed E-state index contributed by atoms with van der Waals surface area (Å²) in [5, 5.41) is 10.4. The zero-order valence-corrected chi connectivity index (χ0v) is 14.2. The van der Waals surface area contributed by atoms with Crippen molar-refractivity contribution in [1.82, 2.24) is 4.90 Å². The fraction of sp³-hybridized carbons (Fsp3) is 0.312. The fourth-order valence-electron chi connectivity index (χ4n) is 2.08. The number of hydrogen-bond acceptors (Lipinski definition) is 6. The first-order valence-corrected chi connectivity index (χ1v) is 8.33. The molecule has 1 aliphatic rings. The lowest BCUT2D eigenvalue weighted by atomic mass is 10.2. The predicted octanol–water partition coefficient (Wildman–Crippen LogP) is 1.82. The van der Waals surface area contributed by atoms with E-state index in [4.69, 9.17) is 17.0 Å². The first kappa shape index (κ1) is 17.5. The van der Waals surface area contributed by atoms with Crippen molar-refractivity contribution in [3.05, 3.63) is 34.7 Å². The molecule has 23 heavy (non-hydrogen) atoms. The van der Waals surface area contributed by atoms with Crippen molar-refractivity contribution in [1.29, 1.82) is 0 Å². The van der Waals surface area contributed by atoms with Crippen molar-refractivity contribution in [3.8, 4) is 5.75 Å². The highest BCUT2D eigenvalue weighted by molar-refractivity contribution is 8.26. The number of unbranched alkanes of at least 4 members (excludes halogenated alkanes) is 1. The zero-order valence-electron chi connectivity index (χ0n) is 12.6. The van der Waals surface area contributed by atoms with Crippen LogP contribution in [0.25, 0.3) is 6.08 Å². The van der Waals surface area contributed by atoms with E-state index < -0.39 is 5.97 Å². The van der Waals surface area contributed by atoms with Gasteiger partial charge in [0.2, 0.25) is 0 Å². The average Bonchev–Trinajstić information content (AvgIpc) is 2.79. The number of amides is 1. The van der Waals surface area contributed by atoms with Crippen LogP contribution < -0.4 is 9.84 Å². The highest BCUT2D eigenvalue weighted by Crippen LogP contribution is 2.32. The molecule has 0 radical (unpaired) electrons. The van der Waals surface area contributed by atoms with Gasteiger partial charge in [-0.15, -0.1) is 0 Å². The lowest BCUT2D eigenvalue weighted by Crippen LogP contribution is -2.29. The number of methoxy groups -OCH3 is 1. The summed E-state index contributed by atoms with van der Waals surface area (Å²) in [5.74, 6) is -0.457. The molecule has 1 saturated heterocycles. The third-order valence-corrected chi connectivity index (χ3v) is 4.68. The molecule has 7 heteroatoms. The summed E-state index contributed by atoms with van der Waals surface area (Å²) in [6.45, 7) is 0.428. The van der Waals surface area contributed by atoms with E-state index in [2.05, 4.69) is 0 Å². The van der Waals surface area contributed by atoms with Gasteiger partial charge in [-0.2, -0.15) is 0 Å². The van der Waals surface area contributed by atoms with E-state index in [0.717, 1.165) is 11.3 Å². The van der Waals surface area contributed by atoms with E-state index >= 15 is 0 Å². The Kier molecular flexibility index (Phi) is 6.18. The van der Waals surface area contributed by atoms with E-state index in [1.54, 1.807) is 13.2 Å². The summed E-state index contributed by atoms with van der Waals surface area (Å²) in [7, 11) is 1.60. The van der Waals surface area contributed by atoms with Gasteiger partial charge in [0.1, 0.15) is 10.1 Å². The molecule has 122 valence electrons. The molecule has 1 aromatic carbocycles. The number of carbonyl (C=O) groups is 2. The smallest absolute Gasteiger partial charge is 0.266 e. The second kappa shape index (κ2) is 8.12. The van der Waals surface area contributed by atoms with Gasteiger partial charge in [-0.25, -0.2) is 0 Å². The van der Waals surface area contributed by atoms with Gasteiger partial charge in [-0.05, 0) is 43.0 Å². The number of ether oxygens (including phenoxy) is 1. The first-order valence-electron chi connectivity index (χ1n) is 7.10. The number of carboxylic acid groups (broad SMARTS) is 1. The standard InChI is InChI=1S/C16H17NO4S2/c1-21-12-7-5-11(6-8-12)10-13-15(20)17(16(22)23-13)9-3-2-4-14(18)19/h5-8,10H,2-4,9H2,1H3,(H,18,19)/p-1/b13-10-. The van der Waals surface area contributed by atoms with E-state index in [1.165, 1.54) is 16.7 Å². The van der Waals surface area contributed by atoms with Crippen LogP contribution in [0.5, 0.6) is 5.75 Å². The fourth-order valence-corrected chi connectivity index (χ4v) is 3.39. The van der Waals surface area contributed by atoms with Crippen molar-refractivity contribution in [2.45, 2.75) is 19.3 Å². The topological polar surface area (TPSA) is 69.7 Å². The SMILES string of the molecule is COc1ccc(/C=C2\SC(=S)N(CCCCC(=O)[O-])C2=O)cc1. The Bertz CT molecular complexity index is 640. The monoisotopic (exact) mass is 350 g/mol. The lowest BCUT2D eigenvalue weighted by molar-refractivity contribution is -0.305. The molecule has 1 fully saturated rings. The lowest BCUT2D eigenvalue weighted by Gasteiger charge is -2.14. The number of hydrogen-bond donors (Lipinski definition) is 0. The maximum atomic E-state index is 12.4. The maximum Gasteiger partial charge on any atom is 0.266 e. The quantitative estimate of drug-likeness (QED) is 0.424. The van der Waals surface area contributed by atoms with Crippen molar-refractivity contribution >= 4 is 46.3 Å². The number of carbonyl (C=O) groups excluding carboxylic acids is 2. The van der Waals surface area contributed by atoms with Crippen LogP contribution in [0.15, 0.2) is 29.2 Å². The number of benzene rings is 1. The summed E-state index contributed by atoms with van der Waals surface area (Å²) >= 11 is 6.49. The van der Waals surface area contributed by atoms with Crippen LogP contribution in [0.2, 0.25) is 0 Å². The number of thioether (sulfide) groups is 1. The highest BCUT2D eigenvalue weighted by atomic mass is 32.2. The molecular formula is C16H16NO4S2-. The Morgan fingerprint density at radius 1 is 1.35 bits per heavy atom. The Labute approximate surface area is 144 Å². The average molecular weight is 350 g/mol. The summed E-state index contributed by atoms with van der Waals surface area (Å²) in [6, 6.07) is 7.38. The minimum atomic E-state index is -1.07. The first-order chi connectivity index (χ1) is 11.0.